The summed E-state index contributed by atoms with van der Waals surface area (Å²) in [6.07, 6.45) is 7.16. The number of nitrogens with zero attached hydrogens (tertiary/aromatic N) is 3. The first-order chi connectivity index (χ1) is 13.2. The summed E-state index contributed by atoms with van der Waals surface area (Å²) in [5.41, 5.74) is 3.96. The molecule has 3 rings (SSSR count). The van der Waals surface area contributed by atoms with Crippen molar-refractivity contribution in [1.29, 1.82) is 0 Å². The minimum Gasteiger partial charge on any atom is -0.356 e. The van der Waals surface area contributed by atoms with Crippen molar-refractivity contribution in [3.8, 4) is 0 Å². The summed E-state index contributed by atoms with van der Waals surface area (Å²) in [4.78, 5) is 11.1. The minimum atomic E-state index is 0.441. The van der Waals surface area contributed by atoms with E-state index >= 15 is 0 Å². The summed E-state index contributed by atoms with van der Waals surface area (Å²) in [7, 11) is 1.84. The van der Waals surface area contributed by atoms with Gasteiger partial charge < -0.3 is 10.6 Å². The minimum absolute atomic E-state index is 0.441. The molecule has 2 heterocycles. The first-order valence-corrected chi connectivity index (χ1v) is 9.87. The van der Waals surface area contributed by atoms with Crippen molar-refractivity contribution in [3.63, 3.8) is 0 Å². The number of hydrogen-bond acceptors (Lipinski definition) is 3. The highest BCUT2D eigenvalue weighted by molar-refractivity contribution is 5.80. The molecule has 144 valence electrons. The van der Waals surface area contributed by atoms with Crippen LogP contribution in [0.1, 0.15) is 29.5 Å². The van der Waals surface area contributed by atoms with E-state index in [-0.39, 0.29) is 0 Å². The number of piperidine rings is 1. The van der Waals surface area contributed by atoms with E-state index < -0.39 is 0 Å². The van der Waals surface area contributed by atoms with Gasteiger partial charge in [-0.1, -0.05) is 30.3 Å². The van der Waals surface area contributed by atoms with E-state index in [0.717, 1.165) is 32.0 Å². The maximum atomic E-state index is 4.41. The Bertz CT molecular complexity index is 728. The molecule has 27 heavy (non-hydrogen) atoms. The quantitative estimate of drug-likeness (QED) is 0.611. The molecule has 0 saturated carbocycles. The molecular formula is C22H31N5. The number of aromatic nitrogens is 1. The fourth-order valence-electron chi connectivity index (χ4n) is 3.64. The van der Waals surface area contributed by atoms with E-state index in [0.29, 0.717) is 6.04 Å². The lowest BCUT2D eigenvalue weighted by atomic mass is 10.0. The van der Waals surface area contributed by atoms with E-state index in [1.165, 1.54) is 36.1 Å². The lowest BCUT2D eigenvalue weighted by Crippen LogP contribution is -2.51. The van der Waals surface area contributed by atoms with Crippen molar-refractivity contribution in [2.24, 2.45) is 4.99 Å². The van der Waals surface area contributed by atoms with Crippen LogP contribution in [0.15, 0.2) is 53.8 Å². The molecule has 1 aliphatic heterocycles. The van der Waals surface area contributed by atoms with Crippen molar-refractivity contribution in [3.05, 3.63) is 65.5 Å². The van der Waals surface area contributed by atoms with E-state index in [4.69, 9.17) is 0 Å². The molecule has 0 amide bonds. The highest BCUT2D eigenvalue weighted by Crippen LogP contribution is 2.13. The Kier molecular flexibility index (Phi) is 7.22. The van der Waals surface area contributed by atoms with Crippen LogP contribution < -0.4 is 10.6 Å². The van der Waals surface area contributed by atoms with Gasteiger partial charge >= 0.3 is 0 Å². The molecule has 1 fully saturated rings. The Hall–Kier alpha value is -2.40. The summed E-state index contributed by atoms with van der Waals surface area (Å²) in [5.74, 6) is 0.897. The molecule has 5 heteroatoms. The molecule has 1 unspecified atom stereocenters. The van der Waals surface area contributed by atoms with Crippen molar-refractivity contribution in [2.75, 3.05) is 26.7 Å². The van der Waals surface area contributed by atoms with Gasteiger partial charge in [-0.25, -0.2) is 0 Å². The average molecular weight is 366 g/mol. The van der Waals surface area contributed by atoms with Gasteiger partial charge in [-0.05, 0) is 55.5 Å². The Morgan fingerprint density at radius 2 is 2.11 bits per heavy atom. The van der Waals surface area contributed by atoms with Gasteiger partial charge in [-0.2, -0.15) is 0 Å². The number of hydrogen-bond donors (Lipinski definition) is 2. The molecule has 0 spiro atoms. The number of aliphatic imine (C=N–C) groups is 1. The SMILES string of the molecule is CN=C(NCCc1ccncc1C)NC1CCCN(Cc2ccccc2)C1. The van der Waals surface area contributed by atoms with Crippen molar-refractivity contribution < 1.29 is 0 Å². The number of guanidine groups is 1. The van der Waals surface area contributed by atoms with E-state index in [2.05, 4.69) is 68.8 Å². The van der Waals surface area contributed by atoms with Crippen LogP contribution in [0.25, 0.3) is 0 Å². The number of benzene rings is 1. The van der Waals surface area contributed by atoms with Crippen LogP contribution in [0, 0.1) is 6.92 Å². The van der Waals surface area contributed by atoms with Gasteiger partial charge in [-0.15, -0.1) is 0 Å². The van der Waals surface area contributed by atoms with Crippen LogP contribution in [0.4, 0.5) is 0 Å². The van der Waals surface area contributed by atoms with Gasteiger partial charge in [0, 0.05) is 45.1 Å². The van der Waals surface area contributed by atoms with Crippen LogP contribution >= 0.6 is 0 Å². The second-order valence-electron chi connectivity index (χ2n) is 7.26. The standard InChI is InChI=1S/C22H31N5/c1-18-15-24-12-10-20(18)11-13-25-22(23-2)26-21-9-6-14-27(17-21)16-19-7-4-3-5-8-19/h3-5,7-8,10,12,15,21H,6,9,11,13-14,16-17H2,1-2H3,(H2,23,25,26). The van der Waals surface area contributed by atoms with Gasteiger partial charge in [0.25, 0.3) is 0 Å². The number of pyridine rings is 1. The molecule has 1 atom stereocenters. The summed E-state index contributed by atoms with van der Waals surface area (Å²) in [5, 5.41) is 7.06. The van der Waals surface area contributed by atoms with E-state index in [1.807, 2.05) is 19.4 Å². The average Bonchev–Trinajstić information content (AvgIpc) is 2.70. The molecular weight excluding hydrogens is 334 g/mol. The molecule has 1 saturated heterocycles. The first-order valence-electron chi connectivity index (χ1n) is 9.87. The number of rotatable bonds is 6. The third-order valence-electron chi connectivity index (χ3n) is 5.14. The van der Waals surface area contributed by atoms with Crippen LogP contribution in [0.2, 0.25) is 0 Å². The molecule has 1 aliphatic rings. The summed E-state index contributed by atoms with van der Waals surface area (Å²) in [6, 6.07) is 13.3. The van der Waals surface area contributed by atoms with Crippen LogP contribution in [-0.2, 0) is 13.0 Å². The van der Waals surface area contributed by atoms with Gasteiger partial charge in [-0.3, -0.25) is 14.9 Å². The second kappa shape index (κ2) is 10.1. The highest BCUT2D eigenvalue weighted by Gasteiger charge is 2.20. The predicted octanol–water partition coefficient (Wildman–Crippen LogP) is 2.76. The van der Waals surface area contributed by atoms with Crippen LogP contribution in [0.5, 0.6) is 0 Å². The van der Waals surface area contributed by atoms with Crippen molar-refractivity contribution >= 4 is 5.96 Å². The molecule has 5 nitrogen and oxygen atoms in total. The fourth-order valence-corrected chi connectivity index (χ4v) is 3.64. The van der Waals surface area contributed by atoms with Gasteiger partial charge in [0.2, 0.25) is 0 Å². The zero-order valence-electron chi connectivity index (χ0n) is 16.5. The van der Waals surface area contributed by atoms with Crippen LogP contribution in [0.3, 0.4) is 0 Å². The number of nitrogens with one attached hydrogen (secondary N) is 2. The predicted molar refractivity (Wildman–Crippen MR) is 112 cm³/mol. The largest absolute Gasteiger partial charge is 0.356 e. The Morgan fingerprint density at radius 1 is 1.26 bits per heavy atom. The molecule has 0 aliphatic carbocycles. The monoisotopic (exact) mass is 365 g/mol. The third kappa shape index (κ3) is 6.07. The van der Waals surface area contributed by atoms with Crippen molar-refractivity contribution in [1.82, 2.24) is 20.5 Å². The molecule has 2 N–H and O–H groups in total. The van der Waals surface area contributed by atoms with Gasteiger partial charge in [0.05, 0.1) is 0 Å². The Morgan fingerprint density at radius 3 is 2.89 bits per heavy atom. The molecule has 0 radical (unpaired) electrons. The summed E-state index contributed by atoms with van der Waals surface area (Å²) >= 11 is 0. The maximum Gasteiger partial charge on any atom is 0.191 e. The van der Waals surface area contributed by atoms with Gasteiger partial charge in [0.15, 0.2) is 5.96 Å². The number of aryl methyl sites for hydroxylation is 1. The van der Waals surface area contributed by atoms with E-state index in [9.17, 15) is 0 Å². The smallest absolute Gasteiger partial charge is 0.191 e. The molecule has 2 aromatic rings. The molecule has 1 aromatic carbocycles. The summed E-state index contributed by atoms with van der Waals surface area (Å²) < 4.78 is 0. The second-order valence-corrected chi connectivity index (χ2v) is 7.26. The maximum absolute atomic E-state index is 4.41. The normalized spacial score (nSPS) is 18.3. The molecule has 1 aromatic heterocycles. The zero-order chi connectivity index (χ0) is 18.9. The lowest BCUT2D eigenvalue weighted by Gasteiger charge is -2.34. The third-order valence-corrected chi connectivity index (χ3v) is 5.14. The lowest BCUT2D eigenvalue weighted by molar-refractivity contribution is 0.192. The van der Waals surface area contributed by atoms with Crippen molar-refractivity contribution in [2.45, 2.75) is 38.8 Å². The molecule has 0 bridgehead atoms. The Balaban J connectivity index is 1.45. The number of likely N-dealkylation sites (tertiary alicyclic amines) is 1. The Labute approximate surface area is 162 Å². The van der Waals surface area contributed by atoms with E-state index in [1.54, 1.807) is 0 Å². The fraction of sp³-hybridized carbons (Fsp3) is 0.455. The highest BCUT2D eigenvalue weighted by atomic mass is 15.2. The van der Waals surface area contributed by atoms with Gasteiger partial charge in [0.1, 0.15) is 0 Å². The van der Waals surface area contributed by atoms with Crippen LogP contribution in [-0.4, -0.2) is 48.6 Å². The topological polar surface area (TPSA) is 52.6 Å². The summed E-state index contributed by atoms with van der Waals surface area (Å²) in [6.45, 7) is 6.22. The zero-order valence-corrected chi connectivity index (χ0v) is 16.5. The first kappa shape index (κ1) is 19.4.